The van der Waals surface area contributed by atoms with Crippen molar-refractivity contribution in [3.8, 4) is 5.75 Å². The van der Waals surface area contributed by atoms with Gasteiger partial charge in [-0.25, -0.2) is 13.2 Å². The molecule has 1 fully saturated rings. The van der Waals surface area contributed by atoms with Gasteiger partial charge in [0.15, 0.2) is 17.0 Å². The second-order valence-corrected chi connectivity index (χ2v) is 10.9. The van der Waals surface area contributed by atoms with Crippen LogP contribution < -0.4 is 10.7 Å². The van der Waals surface area contributed by atoms with E-state index in [-0.39, 0.29) is 18.3 Å². The molecule has 5 rings (SSSR count). The lowest BCUT2D eigenvalue weighted by Crippen LogP contribution is -2.52. The van der Waals surface area contributed by atoms with E-state index in [2.05, 4.69) is 10.5 Å². The molecule has 0 radical (unpaired) electrons. The number of carbonyl (C=O) groups is 2. The molecular formula is C27H28ClF3N4O5. The second-order valence-electron chi connectivity index (χ2n) is 10.5. The number of pyridine rings is 1. The summed E-state index contributed by atoms with van der Waals surface area (Å²) in [6.07, 6.45) is 5.10. The molecule has 2 amide bonds. The molecular weight excluding hydrogens is 553 g/mol. The summed E-state index contributed by atoms with van der Waals surface area (Å²) in [6, 6.07) is 0.151. The van der Waals surface area contributed by atoms with Crippen LogP contribution in [-0.4, -0.2) is 56.2 Å². The van der Waals surface area contributed by atoms with Crippen LogP contribution in [0.3, 0.4) is 0 Å². The molecule has 1 spiro atoms. The molecule has 0 saturated carbocycles. The van der Waals surface area contributed by atoms with E-state index >= 15 is 0 Å². The van der Waals surface area contributed by atoms with Crippen molar-refractivity contribution in [2.45, 2.75) is 69.7 Å². The summed E-state index contributed by atoms with van der Waals surface area (Å²) < 4.78 is 42.8. The first-order valence-corrected chi connectivity index (χ1v) is 13.6. The van der Waals surface area contributed by atoms with Crippen LogP contribution >= 0.6 is 11.6 Å². The Morgan fingerprint density at radius 3 is 2.67 bits per heavy atom. The van der Waals surface area contributed by atoms with Crippen molar-refractivity contribution in [1.29, 1.82) is 0 Å². The molecule has 3 atom stereocenters. The summed E-state index contributed by atoms with van der Waals surface area (Å²) in [5, 5.41) is 17.5. The zero-order valence-electron chi connectivity index (χ0n) is 21.7. The molecule has 0 unspecified atom stereocenters. The van der Waals surface area contributed by atoms with Gasteiger partial charge >= 0.3 is 0 Å². The third-order valence-corrected chi connectivity index (χ3v) is 8.26. The van der Waals surface area contributed by atoms with Crippen LogP contribution in [-0.2, 0) is 11.4 Å². The highest BCUT2D eigenvalue weighted by Crippen LogP contribution is 2.46. The monoisotopic (exact) mass is 580 g/mol. The molecule has 1 saturated heterocycles. The second kappa shape index (κ2) is 10.8. The number of nitrogens with one attached hydrogen (secondary N) is 1. The van der Waals surface area contributed by atoms with Gasteiger partial charge in [0.05, 0.1) is 11.8 Å². The van der Waals surface area contributed by atoms with Crippen LogP contribution in [0.4, 0.5) is 13.2 Å². The largest absolute Gasteiger partial charge is 0.503 e. The predicted octanol–water partition coefficient (Wildman–Crippen LogP) is 4.00. The molecule has 214 valence electrons. The van der Waals surface area contributed by atoms with Crippen molar-refractivity contribution in [3.05, 3.63) is 62.8 Å². The van der Waals surface area contributed by atoms with Crippen LogP contribution in [0.15, 0.2) is 28.3 Å². The fraction of sp³-hybridized carbons (Fsp3) is 0.481. The zero-order valence-corrected chi connectivity index (χ0v) is 22.4. The van der Waals surface area contributed by atoms with Gasteiger partial charge < -0.3 is 24.7 Å². The summed E-state index contributed by atoms with van der Waals surface area (Å²) in [5.41, 5.74) is -2.54. The maximum atomic E-state index is 14.1. The Labute approximate surface area is 232 Å². The molecule has 2 N–H and O–H groups in total. The Kier molecular flexibility index (Phi) is 7.56. The average Bonchev–Trinajstić information content (AvgIpc) is 3.27. The summed E-state index contributed by atoms with van der Waals surface area (Å²) in [5.74, 6) is -5.49. The van der Waals surface area contributed by atoms with Crippen molar-refractivity contribution in [3.63, 3.8) is 0 Å². The SMILES string of the molecule is C[C@H]1CC[C@]2(CC(CCCCCl)=NO2)[C@H]2CN1C(=O)c1c(O)c(=O)c(C(=O)NCc3c(F)cc(F)cc3F)cn12. The minimum atomic E-state index is -1.21. The summed E-state index contributed by atoms with van der Waals surface area (Å²) in [7, 11) is 0. The van der Waals surface area contributed by atoms with Gasteiger partial charge in [-0.2, -0.15) is 0 Å². The van der Waals surface area contributed by atoms with Crippen molar-refractivity contribution >= 4 is 29.1 Å². The first-order valence-electron chi connectivity index (χ1n) is 13.1. The Hall–Kier alpha value is -3.54. The van der Waals surface area contributed by atoms with Crippen LogP contribution in [0.5, 0.6) is 5.75 Å². The molecule has 4 heterocycles. The molecule has 1 aromatic carbocycles. The minimum absolute atomic E-state index is 0.201. The molecule has 9 nitrogen and oxygen atoms in total. The fourth-order valence-electron chi connectivity index (χ4n) is 5.75. The highest BCUT2D eigenvalue weighted by atomic mass is 35.5. The van der Waals surface area contributed by atoms with Crippen LogP contribution in [0.25, 0.3) is 0 Å². The van der Waals surface area contributed by atoms with E-state index < -0.39 is 69.8 Å². The first kappa shape index (κ1) is 28.0. The minimum Gasteiger partial charge on any atom is -0.503 e. The van der Waals surface area contributed by atoms with Gasteiger partial charge in [0.25, 0.3) is 11.8 Å². The highest BCUT2D eigenvalue weighted by molar-refractivity contribution is 6.17. The maximum Gasteiger partial charge on any atom is 0.274 e. The Morgan fingerprint density at radius 2 is 1.98 bits per heavy atom. The molecule has 3 aliphatic heterocycles. The fourth-order valence-corrected chi connectivity index (χ4v) is 5.94. The number of aromatic hydroxyl groups is 1. The number of rotatable bonds is 7. The van der Waals surface area contributed by atoms with Crippen molar-refractivity contribution in [1.82, 2.24) is 14.8 Å². The summed E-state index contributed by atoms with van der Waals surface area (Å²) >= 11 is 5.81. The number of amides is 2. The van der Waals surface area contributed by atoms with Gasteiger partial charge in [0.2, 0.25) is 5.43 Å². The predicted molar refractivity (Wildman–Crippen MR) is 139 cm³/mol. The van der Waals surface area contributed by atoms with Crippen LogP contribution in [0, 0.1) is 17.5 Å². The lowest BCUT2D eigenvalue weighted by atomic mass is 9.83. The molecule has 13 heteroatoms. The zero-order chi connectivity index (χ0) is 28.8. The van der Waals surface area contributed by atoms with Gasteiger partial charge in [-0.3, -0.25) is 14.4 Å². The van der Waals surface area contributed by atoms with Gasteiger partial charge in [-0.05, 0) is 39.0 Å². The van der Waals surface area contributed by atoms with E-state index in [4.69, 9.17) is 16.4 Å². The van der Waals surface area contributed by atoms with Gasteiger partial charge in [-0.15, -0.1) is 11.6 Å². The number of oxime groups is 1. The number of fused-ring (bicyclic) bond motifs is 5. The maximum absolute atomic E-state index is 14.1. The Bertz CT molecular complexity index is 1440. The quantitative estimate of drug-likeness (QED) is 0.380. The van der Waals surface area contributed by atoms with E-state index in [9.17, 15) is 32.7 Å². The molecule has 40 heavy (non-hydrogen) atoms. The molecule has 3 aliphatic rings. The number of nitrogens with zero attached hydrogens (tertiary/aromatic N) is 3. The van der Waals surface area contributed by atoms with E-state index in [0.29, 0.717) is 43.7 Å². The third-order valence-electron chi connectivity index (χ3n) is 7.99. The number of benzene rings is 1. The molecule has 0 aliphatic carbocycles. The lowest BCUT2D eigenvalue weighted by Gasteiger charge is -2.41. The van der Waals surface area contributed by atoms with Crippen molar-refractivity contribution in [2.75, 3.05) is 12.4 Å². The summed E-state index contributed by atoms with van der Waals surface area (Å²) in [6.45, 7) is 1.40. The number of unbranched alkanes of at least 4 members (excludes halogenated alkanes) is 1. The highest BCUT2D eigenvalue weighted by Gasteiger charge is 2.54. The normalized spacial score (nSPS) is 23.5. The smallest absolute Gasteiger partial charge is 0.274 e. The number of carbonyl (C=O) groups excluding carboxylic acids is 2. The summed E-state index contributed by atoms with van der Waals surface area (Å²) in [4.78, 5) is 47.2. The number of alkyl halides is 1. The van der Waals surface area contributed by atoms with Gasteiger partial charge in [0, 0.05) is 55.3 Å². The number of aromatic nitrogens is 1. The number of hydrogen-bond acceptors (Lipinski definition) is 6. The van der Waals surface area contributed by atoms with E-state index in [1.807, 2.05) is 6.92 Å². The van der Waals surface area contributed by atoms with E-state index in [0.717, 1.165) is 18.6 Å². The molecule has 1 aromatic heterocycles. The van der Waals surface area contributed by atoms with Crippen LogP contribution in [0.2, 0.25) is 0 Å². The van der Waals surface area contributed by atoms with Crippen molar-refractivity contribution < 1.29 is 32.7 Å². The Morgan fingerprint density at radius 1 is 1.25 bits per heavy atom. The van der Waals surface area contributed by atoms with E-state index in [1.54, 1.807) is 4.90 Å². The van der Waals surface area contributed by atoms with Crippen molar-refractivity contribution in [2.24, 2.45) is 5.16 Å². The molecule has 2 bridgehead atoms. The standard InChI is InChI=1S/C27H28ClF3N4O5/c1-14-5-6-27(10-16(33-40-27)4-2-3-7-28)21-13-34(14)26(39)22-24(37)23(36)18(12-35(21)22)25(38)32-11-17-19(30)8-15(29)9-20(17)31/h8-9,12,14,21,37H,2-7,10-11,13H2,1H3,(H,32,38)/t14-,21+,27-/m0/s1. The van der Waals surface area contributed by atoms with E-state index in [1.165, 1.54) is 10.8 Å². The number of hydrogen-bond donors (Lipinski definition) is 2. The molecule has 2 aromatic rings. The lowest BCUT2D eigenvalue weighted by molar-refractivity contribution is -0.0655. The topological polar surface area (TPSA) is 113 Å². The third kappa shape index (κ3) is 4.82. The van der Waals surface area contributed by atoms with Gasteiger partial charge in [-0.1, -0.05) is 5.16 Å². The van der Waals surface area contributed by atoms with Gasteiger partial charge in [0.1, 0.15) is 23.0 Å². The van der Waals surface area contributed by atoms with Crippen LogP contribution in [0.1, 0.15) is 77.9 Å². The first-order chi connectivity index (χ1) is 19.1. The average molecular weight is 581 g/mol. The number of halogens is 4. The Balaban J connectivity index is 1.50.